The van der Waals surface area contributed by atoms with E-state index in [4.69, 9.17) is 0 Å². The third-order valence-corrected chi connectivity index (χ3v) is 5.31. The Kier molecular flexibility index (Phi) is 5.96. The number of piperidine rings is 1. The molecule has 5 heteroatoms. The maximum Gasteiger partial charge on any atom is 0.222 e. The van der Waals surface area contributed by atoms with Crippen LogP contribution in [0.2, 0.25) is 0 Å². The highest BCUT2D eigenvalue weighted by molar-refractivity contribution is 6.04. The molecule has 2 heterocycles. The monoisotopic (exact) mass is 355 g/mol. The molecule has 0 aliphatic carbocycles. The molecule has 0 unspecified atom stereocenters. The minimum atomic E-state index is 0.0271. The molecule has 1 aromatic carbocycles. The summed E-state index contributed by atoms with van der Waals surface area (Å²) in [5, 5.41) is 0. The van der Waals surface area contributed by atoms with Gasteiger partial charge in [-0.05, 0) is 49.4 Å². The second-order valence-electron chi connectivity index (χ2n) is 7.56. The van der Waals surface area contributed by atoms with Gasteiger partial charge in [0.25, 0.3) is 0 Å². The van der Waals surface area contributed by atoms with E-state index in [1.54, 1.807) is 12.3 Å². The molecule has 26 heavy (non-hydrogen) atoms. The minimum absolute atomic E-state index is 0.0271. The van der Waals surface area contributed by atoms with E-state index in [9.17, 15) is 9.59 Å². The lowest BCUT2D eigenvalue weighted by Crippen LogP contribution is -2.39. The lowest BCUT2D eigenvalue weighted by Gasteiger charge is -2.35. The first-order valence-electron chi connectivity index (χ1n) is 9.54. The molecular formula is C21H29N3O2. The first-order valence-corrected chi connectivity index (χ1v) is 9.54. The van der Waals surface area contributed by atoms with Crippen molar-refractivity contribution in [2.75, 3.05) is 45.2 Å². The molecule has 2 fully saturated rings. The summed E-state index contributed by atoms with van der Waals surface area (Å²) in [6.07, 6.45) is 7.36. The van der Waals surface area contributed by atoms with Gasteiger partial charge in [0.1, 0.15) is 0 Å². The van der Waals surface area contributed by atoms with Crippen molar-refractivity contribution in [3.63, 3.8) is 0 Å². The fourth-order valence-corrected chi connectivity index (χ4v) is 3.73. The van der Waals surface area contributed by atoms with E-state index in [0.29, 0.717) is 17.4 Å². The van der Waals surface area contributed by atoms with Crippen molar-refractivity contribution in [2.45, 2.75) is 25.7 Å². The summed E-state index contributed by atoms with van der Waals surface area (Å²) in [6.45, 7) is 3.90. The average Bonchev–Trinajstić information content (AvgIpc) is 3.05. The fourth-order valence-electron chi connectivity index (χ4n) is 3.73. The molecule has 140 valence electrons. The molecule has 0 aromatic heterocycles. The molecule has 1 aromatic rings. The van der Waals surface area contributed by atoms with Crippen LogP contribution in [0.5, 0.6) is 0 Å². The largest absolute Gasteiger partial charge is 0.383 e. The zero-order valence-electron chi connectivity index (χ0n) is 15.9. The fraction of sp³-hybridized carbons (Fsp3) is 0.524. The number of carbonyl (C=O) groups excluding carboxylic acids is 2. The summed E-state index contributed by atoms with van der Waals surface area (Å²) in [5.41, 5.74) is 1.89. The number of allylic oxidation sites excluding steroid dienone is 1. The maximum absolute atomic E-state index is 12.1. The van der Waals surface area contributed by atoms with Crippen molar-refractivity contribution in [1.29, 1.82) is 0 Å². The van der Waals surface area contributed by atoms with E-state index in [1.165, 1.54) is 5.69 Å². The number of rotatable bonds is 6. The lowest BCUT2D eigenvalue weighted by atomic mass is 9.95. The van der Waals surface area contributed by atoms with Gasteiger partial charge in [-0.2, -0.15) is 0 Å². The van der Waals surface area contributed by atoms with E-state index in [-0.39, 0.29) is 5.78 Å². The second-order valence-corrected chi connectivity index (χ2v) is 7.56. The Labute approximate surface area is 156 Å². The molecule has 0 N–H and O–H groups in total. The minimum Gasteiger partial charge on any atom is -0.383 e. The third-order valence-electron chi connectivity index (χ3n) is 5.31. The summed E-state index contributed by atoms with van der Waals surface area (Å²) in [5.74, 6) is 0.973. The molecule has 0 bridgehead atoms. The summed E-state index contributed by atoms with van der Waals surface area (Å²) in [6, 6.07) is 7.90. The quantitative estimate of drug-likeness (QED) is 0.581. The zero-order chi connectivity index (χ0) is 18.5. The van der Waals surface area contributed by atoms with Crippen molar-refractivity contribution in [3.05, 3.63) is 42.1 Å². The topological polar surface area (TPSA) is 43.9 Å². The maximum atomic E-state index is 12.1. The Morgan fingerprint density at radius 3 is 2.42 bits per heavy atom. The van der Waals surface area contributed by atoms with Crippen LogP contribution in [0.3, 0.4) is 0 Å². The Morgan fingerprint density at radius 1 is 1.15 bits per heavy atom. The SMILES string of the molecule is CN(C)/C=C/C(=O)c1ccc(N2CCC(CN3CCCC3=O)CC2)cc1. The number of hydrogen-bond acceptors (Lipinski definition) is 4. The van der Waals surface area contributed by atoms with Crippen molar-refractivity contribution in [1.82, 2.24) is 9.80 Å². The van der Waals surface area contributed by atoms with Crippen molar-refractivity contribution < 1.29 is 9.59 Å². The van der Waals surface area contributed by atoms with Crippen LogP contribution in [-0.4, -0.2) is 61.8 Å². The Balaban J connectivity index is 1.51. The number of amides is 1. The van der Waals surface area contributed by atoms with Crippen molar-refractivity contribution >= 4 is 17.4 Å². The molecule has 0 spiro atoms. The smallest absolute Gasteiger partial charge is 0.222 e. The Hall–Kier alpha value is -2.30. The molecule has 2 aliphatic heterocycles. The predicted octanol–water partition coefficient (Wildman–Crippen LogP) is 2.78. The van der Waals surface area contributed by atoms with E-state index in [0.717, 1.165) is 51.9 Å². The molecular weight excluding hydrogens is 326 g/mol. The molecule has 2 aliphatic rings. The van der Waals surface area contributed by atoms with Gasteiger partial charge in [0.05, 0.1) is 0 Å². The van der Waals surface area contributed by atoms with Crippen LogP contribution < -0.4 is 4.90 Å². The van der Waals surface area contributed by atoms with Crippen LogP contribution in [0.1, 0.15) is 36.0 Å². The number of benzene rings is 1. The summed E-state index contributed by atoms with van der Waals surface area (Å²) in [7, 11) is 3.80. The first kappa shape index (κ1) is 18.5. The van der Waals surface area contributed by atoms with Gasteiger partial charge in [-0.25, -0.2) is 0 Å². The molecule has 3 rings (SSSR count). The molecule has 0 saturated carbocycles. The standard InChI is InChI=1S/C21H29N3O2/c1-22(2)13-11-20(25)18-5-7-19(8-6-18)23-14-9-17(10-15-23)16-24-12-3-4-21(24)26/h5-8,11,13,17H,3-4,9-10,12,14-16H2,1-2H3/b13-11+. The number of carbonyl (C=O) groups is 2. The third kappa shape index (κ3) is 4.65. The molecule has 0 atom stereocenters. The van der Waals surface area contributed by atoms with Gasteiger partial charge in [-0.15, -0.1) is 0 Å². The van der Waals surface area contributed by atoms with Crippen LogP contribution in [-0.2, 0) is 4.79 Å². The number of anilines is 1. The Bertz CT molecular complexity index is 658. The molecule has 5 nitrogen and oxygen atoms in total. The lowest BCUT2D eigenvalue weighted by molar-refractivity contribution is -0.128. The zero-order valence-corrected chi connectivity index (χ0v) is 15.9. The first-order chi connectivity index (χ1) is 12.5. The van der Waals surface area contributed by atoms with E-state index in [1.807, 2.05) is 48.2 Å². The van der Waals surface area contributed by atoms with Gasteiger partial charge in [0.15, 0.2) is 5.78 Å². The summed E-state index contributed by atoms with van der Waals surface area (Å²) >= 11 is 0. The van der Waals surface area contributed by atoms with Gasteiger partial charge >= 0.3 is 0 Å². The van der Waals surface area contributed by atoms with Gasteiger partial charge in [0, 0.05) is 70.2 Å². The van der Waals surface area contributed by atoms with Gasteiger partial charge in [-0.1, -0.05) is 0 Å². The van der Waals surface area contributed by atoms with Crippen LogP contribution in [0, 0.1) is 5.92 Å². The van der Waals surface area contributed by atoms with E-state index < -0.39 is 0 Å². The van der Waals surface area contributed by atoms with E-state index in [2.05, 4.69) is 4.90 Å². The highest BCUT2D eigenvalue weighted by Gasteiger charge is 2.26. The van der Waals surface area contributed by atoms with Gasteiger partial charge < -0.3 is 14.7 Å². The number of nitrogens with zero attached hydrogens (tertiary/aromatic N) is 3. The molecule has 1 amide bonds. The van der Waals surface area contributed by atoms with Crippen LogP contribution in [0.4, 0.5) is 5.69 Å². The highest BCUT2D eigenvalue weighted by Crippen LogP contribution is 2.25. The van der Waals surface area contributed by atoms with Crippen LogP contribution in [0.25, 0.3) is 0 Å². The molecule has 2 saturated heterocycles. The molecule has 0 radical (unpaired) electrons. The highest BCUT2D eigenvalue weighted by atomic mass is 16.2. The average molecular weight is 355 g/mol. The van der Waals surface area contributed by atoms with Gasteiger partial charge in [-0.3, -0.25) is 9.59 Å². The normalized spacial score (nSPS) is 18.8. The van der Waals surface area contributed by atoms with Crippen molar-refractivity contribution in [3.8, 4) is 0 Å². The second kappa shape index (κ2) is 8.39. The van der Waals surface area contributed by atoms with Crippen LogP contribution >= 0.6 is 0 Å². The van der Waals surface area contributed by atoms with E-state index >= 15 is 0 Å². The van der Waals surface area contributed by atoms with Crippen LogP contribution in [0.15, 0.2) is 36.5 Å². The predicted molar refractivity (Wildman–Crippen MR) is 104 cm³/mol. The number of hydrogen-bond donors (Lipinski definition) is 0. The summed E-state index contributed by atoms with van der Waals surface area (Å²) in [4.78, 5) is 30.2. The number of ketones is 1. The van der Waals surface area contributed by atoms with Gasteiger partial charge in [0.2, 0.25) is 5.91 Å². The Morgan fingerprint density at radius 2 is 1.85 bits per heavy atom. The summed E-state index contributed by atoms with van der Waals surface area (Å²) < 4.78 is 0. The van der Waals surface area contributed by atoms with Crippen molar-refractivity contribution in [2.24, 2.45) is 5.92 Å². The number of likely N-dealkylation sites (tertiary alicyclic amines) is 1.